The Kier molecular flexibility index (Phi) is 5.39. The first-order valence-corrected chi connectivity index (χ1v) is 7.78. The van der Waals surface area contributed by atoms with Crippen LogP contribution in [0.4, 0.5) is 0 Å². The number of rotatable bonds is 5. The third kappa shape index (κ3) is 5.50. The number of carbonyl (C=O) groups is 1. The Bertz CT molecular complexity index is 349. The van der Waals surface area contributed by atoms with Crippen LogP contribution in [0.1, 0.15) is 39.0 Å². The van der Waals surface area contributed by atoms with Crippen molar-refractivity contribution in [2.75, 3.05) is 12.9 Å². The normalized spacial score (nSPS) is 25.5. The molecule has 1 fully saturated rings. The zero-order valence-corrected chi connectivity index (χ0v) is 11.2. The maximum atomic E-state index is 11.4. The molecule has 1 aliphatic rings. The average Bonchev–Trinajstić information content (AvgIpc) is 2.19. The molecule has 0 unspecified atom stereocenters. The average molecular weight is 264 g/mol. The van der Waals surface area contributed by atoms with Crippen LogP contribution in [0.2, 0.25) is 0 Å². The molecule has 0 radical (unpaired) electrons. The predicted octanol–water partition coefficient (Wildman–Crippen LogP) is 1.47. The van der Waals surface area contributed by atoms with Crippen molar-refractivity contribution < 1.29 is 22.1 Å². The van der Waals surface area contributed by atoms with E-state index in [4.69, 9.17) is 8.92 Å². The fourth-order valence-electron chi connectivity index (χ4n) is 2.19. The maximum absolute atomic E-state index is 11.4. The molecule has 1 saturated carbocycles. The minimum Gasteiger partial charge on any atom is -0.466 e. The zero-order chi connectivity index (χ0) is 12.9. The molecule has 100 valence electrons. The maximum Gasteiger partial charge on any atom is 0.306 e. The molecule has 0 N–H and O–H groups in total. The van der Waals surface area contributed by atoms with Gasteiger partial charge in [-0.05, 0) is 25.7 Å². The molecule has 5 nitrogen and oxygen atoms in total. The van der Waals surface area contributed by atoms with Crippen LogP contribution < -0.4 is 0 Å². The molecular weight excluding hydrogens is 244 g/mol. The second-order valence-electron chi connectivity index (χ2n) is 4.39. The van der Waals surface area contributed by atoms with Crippen molar-refractivity contribution >= 4 is 16.1 Å². The van der Waals surface area contributed by atoms with E-state index >= 15 is 0 Å². The quantitative estimate of drug-likeness (QED) is 0.555. The molecule has 0 amide bonds. The summed E-state index contributed by atoms with van der Waals surface area (Å²) in [6, 6.07) is 0. The smallest absolute Gasteiger partial charge is 0.306 e. The number of hydrogen-bond donors (Lipinski definition) is 0. The van der Waals surface area contributed by atoms with Gasteiger partial charge >= 0.3 is 5.97 Å². The molecule has 0 heterocycles. The first-order chi connectivity index (χ1) is 7.92. The van der Waals surface area contributed by atoms with Gasteiger partial charge in [0.05, 0.1) is 25.4 Å². The monoisotopic (exact) mass is 264 g/mol. The molecule has 0 aromatic carbocycles. The van der Waals surface area contributed by atoms with Crippen LogP contribution >= 0.6 is 0 Å². The molecule has 0 bridgehead atoms. The minimum absolute atomic E-state index is 0.0440. The molecule has 0 spiro atoms. The summed E-state index contributed by atoms with van der Waals surface area (Å²) in [5, 5.41) is 0. The summed E-state index contributed by atoms with van der Waals surface area (Å²) in [4.78, 5) is 11.4. The predicted molar refractivity (Wildman–Crippen MR) is 62.9 cm³/mol. The van der Waals surface area contributed by atoms with Gasteiger partial charge in [-0.25, -0.2) is 0 Å². The lowest BCUT2D eigenvalue weighted by Gasteiger charge is -2.29. The third-order valence-corrected chi connectivity index (χ3v) is 3.47. The fraction of sp³-hybridized carbons (Fsp3) is 0.909. The highest BCUT2D eigenvalue weighted by Gasteiger charge is 2.30. The van der Waals surface area contributed by atoms with Crippen molar-refractivity contribution in [3.8, 4) is 0 Å². The zero-order valence-electron chi connectivity index (χ0n) is 10.3. The van der Waals surface area contributed by atoms with Gasteiger partial charge in [-0.2, -0.15) is 8.42 Å². The molecule has 0 saturated heterocycles. The molecule has 6 heteroatoms. The lowest BCUT2D eigenvalue weighted by molar-refractivity contribution is -0.145. The summed E-state index contributed by atoms with van der Waals surface area (Å²) in [5.74, 6) is -0.320. The van der Waals surface area contributed by atoms with Gasteiger partial charge in [0.1, 0.15) is 0 Å². The minimum atomic E-state index is -3.46. The van der Waals surface area contributed by atoms with E-state index in [0.29, 0.717) is 13.0 Å². The van der Waals surface area contributed by atoms with Crippen molar-refractivity contribution in [2.45, 2.75) is 45.1 Å². The van der Waals surface area contributed by atoms with E-state index in [0.717, 1.165) is 25.5 Å². The second kappa shape index (κ2) is 6.35. The molecule has 17 heavy (non-hydrogen) atoms. The molecule has 0 aromatic rings. The Balaban J connectivity index is 2.56. The van der Waals surface area contributed by atoms with Crippen molar-refractivity contribution in [3.05, 3.63) is 0 Å². The van der Waals surface area contributed by atoms with Gasteiger partial charge in [-0.3, -0.25) is 8.98 Å². The summed E-state index contributed by atoms with van der Waals surface area (Å²) < 4.78 is 32.2. The van der Waals surface area contributed by atoms with E-state index in [2.05, 4.69) is 0 Å². The third-order valence-electron chi connectivity index (χ3n) is 2.87. The van der Waals surface area contributed by atoms with Crippen LogP contribution in [0, 0.1) is 5.92 Å². The second-order valence-corrected chi connectivity index (χ2v) is 5.99. The highest BCUT2D eigenvalue weighted by atomic mass is 32.2. The number of carbonyl (C=O) groups excluding carboxylic acids is 1. The molecule has 0 aromatic heterocycles. The van der Waals surface area contributed by atoms with Gasteiger partial charge in [0.25, 0.3) is 10.1 Å². The van der Waals surface area contributed by atoms with Crippen LogP contribution in [-0.2, 0) is 23.8 Å². The molecule has 1 aliphatic carbocycles. The summed E-state index contributed by atoms with van der Waals surface area (Å²) in [6.07, 6.45) is 4.38. The lowest BCUT2D eigenvalue weighted by atomic mass is 9.84. The van der Waals surface area contributed by atoms with Gasteiger partial charge in [0.2, 0.25) is 0 Å². The van der Waals surface area contributed by atoms with Crippen LogP contribution in [0.5, 0.6) is 0 Å². The summed E-state index contributed by atoms with van der Waals surface area (Å²) in [6.45, 7) is 2.10. The van der Waals surface area contributed by atoms with E-state index < -0.39 is 10.1 Å². The Morgan fingerprint density at radius 3 is 2.53 bits per heavy atom. The fourth-order valence-corrected chi connectivity index (χ4v) is 2.89. The number of ether oxygens (including phenoxy) is 1. The Labute approximate surface area is 103 Å². The Morgan fingerprint density at radius 1 is 1.29 bits per heavy atom. The van der Waals surface area contributed by atoms with E-state index in [1.165, 1.54) is 0 Å². The first kappa shape index (κ1) is 14.4. The molecule has 0 aliphatic heterocycles. The summed E-state index contributed by atoms with van der Waals surface area (Å²) in [7, 11) is -3.46. The van der Waals surface area contributed by atoms with Crippen LogP contribution in [0.3, 0.4) is 0 Å². The number of hydrogen-bond acceptors (Lipinski definition) is 5. The molecule has 1 rings (SSSR count). The standard InChI is InChI=1S/C11H20O5S/c1-3-15-11(12)8-9-6-4-5-7-10(9)16-17(2,13)14/h9-10H,3-8H2,1-2H3/t9-,10-/m0/s1. The number of esters is 1. The van der Waals surface area contributed by atoms with Gasteiger partial charge in [0, 0.05) is 0 Å². The van der Waals surface area contributed by atoms with E-state index in [9.17, 15) is 13.2 Å². The van der Waals surface area contributed by atoms with Crippen molar-refractivity contribution in [3.63, 3.8) is 0 Å². The highest BCUT2D eigenvalue weighted by Crippen LogP contribution is 2.30. The van der Waals surface area contributed by atoms with Crippen LogP contribution in [0.15, 0.2) is 0 Å². The van der Waals surface area contributed by atoms with Crippen LogP contribution in [0.25, 0.3) is 0 Å². The summed E-state index contributed by atoms with van der Waals surface area (Å²) in [5.41, 5.74) is 0. The van der Waals surface area contributed by atoms with E-state index in [-0.39, 0.29) is 24.4 Å². The van der Waals surface area contributed by atoms with Gasteiger partial charge in [-0.1, -0.05) is 12.8 Å². The summed E-state index contributed by atoms with van der Waals surface area (Å²) >= 11 is 0. The van der Waals surface area contributed by atoms with Crippen LogP contribution in [-0.4, -0.2) is 33.4 Å². The Morgan fingerprint density at radius 2 is 1.94 bits per heavy atom. The lowest BCUT2D eigenvalue weighted by Crippen LogP contribution is -2.31. The van der Waals surface area contributed by atoms with Gasteiger partial charge in [0.15, 0.2) is 0 Å². The SMILES string of the molecule is CCOC(=O)C[C@@H]1CCCC[C@@H]1OS(C)(=O)=O. The topological polar surface area (TPSA) is 69.7 Å². The van der Waals surface area contributed by atoms with E-state index in [1.54, 1.807) is 6.92 Å². The van der Waals surface area contributed by atoms with Crippen molar-refractivity contribution in [2.24, 2.45) is 5.92 Å². The highest BCUT2D eigenvalue weighted by molar-refractivity contribution is 7.86. The molecular formula is C11H20O5S. The largest absolute Gasteiger partial charge is 0.466 e. The van der Waals surface area contributed by atoms with Crippen molar-refractivity contribution in [1.82, 2.24) is 0 Å². The van der Waals surface area contributed by atoms with E-state index in [1.807, 2.05) is 0 Å². The van der Waals surface area contributed by atoms with Crippen molar-refractivity contribution in [1.29, 1.82) is 0 Å². The van der Waals surface area contributed by atoms with Gasteiger partial charge < -0.3 is 4.74 Å². The Hall–Kier alpha value is -0.620. The first-order valence-electron chi connectivity index (χ1n) is 5.96. The van der Waals surface area contributed by atoms with Gasteiger partial charge in [-0.15, -0.1) is 0 Å². The molecule has 2 atom stereocenters.